The van der Waals surface area contributed by atoms with Gasteiger partial charge in [-0.15, -0.1) is 10.2 Å². The summed E-state index contributed by atoms with van der Waals surface area (Å²) in [7, 11) is 1.65. The molecule has 0 atom stereocenters. The number of fused-ring (bicyclic) bond motifs is 2. The van der Waals surface area contributed by atoms with Crippen LogP contribution in [-0.2, 0) is 0 Å². The molecule has 0 aliphatic carbocycles. The largest absolute Gasteiger partial charge is 0.496 e. The lowest BCUT2D eigenvalue weighted by atomic mass is 10.2. The number of rotatable bonds is 3. The number of nitrogens with zero attached hydrogens (tertiary/aromatic N) is 4. The van der Waals surface area contributed by atoms with Crippen molar-refractivity contribution in [1.82, 2.24) is 24.8 Å². The van der Waals surface area contributed by atoms with Crippen LogP contribution in [0.5, 0.6) is 5.75 Å². The van der Waals surface area contributed by atoms with Crippen molar-refractivity contribution in [2.45, 2.75) is 0 Å². The van der Waals surface area contributed by atoms with Crippen molar-refractivity contribution in [3.05, 3.63) is 54.7 Å². The Hall–Kier alpha value is -3.19. The van der Waals surface area contributed by atoms with E-state index in [1.807, 2.05) is 30.5 Å². The molecule has 0 radical (unpaired) electrons. The molecule has 0 fully saturated rings. The van der Waals surface area contributed by atoms with Crippen molar-refractivity contribution in [1.29, 1.82) is 0 Å². The minimum atomic E-state index is 0.677. The third-order valence-electron chi connectivity index (χ3n) is 4.14. The lowest BCUT2D eigenvalue weighted by molar-refractivity contribution is 0.416. The summed E-state index contributed by atoms with van der Waals surface area (Å²) in [5.41, 5.74) is 3.01. The summed E-state index contributed by atoms with van der Waals surface area (Å²) in [4.78, 5) is 3.99. The maximum Gasteiger partial charge on any atom is 0.235 e. The van der Waals surface area contributed by atoms with Crippen molar-refractivity contribution in [2.75, 3.05) is 7.11 Å². The Morgan fingerprint density at radius 3 is 2.92 bits per heavy atom. The van der Waals surface area contributed by atoms with Crippen molar-refractivity contribution >= 4 is 27.2 Å². The topological polar surface area (TPSA) is 68.1 Å². The van der Waals surface area contributed by atoms with Gasteiger partial charge >= 0.3 is 0 Å². The highest BCUT2D eigenvalue weighted by Gasteiger charge is 2.17. The first-order valence-electron chi connectivity index (χ1n) is 7.76. The zero-order valence-electron chi connectivity index (χ0n) is 13.3. The van der Waals surface area contributed by atoms with Crippen LogP contribution in [0.4, 0.5) is 0 Å². The van der Waals surface area contributed by atoms with E-state index >= 15 is 0 Å². The van der Waals surface area contributed by atoms with E-state index in [0.717, 1.165) is 32.4 Å². The fourth-order valence-electron chi connectivity index (χ4n) is 2.91. The van der Waals surface area contributed by atoms with Gasteiger partial charge in [-0.05, 0) is 29.7 Å². The fourth-order valence-corrected chi connectivity index (χ4v) is 3.75. The SMILES string of the molecule is COc1ccccc1-c1nnc2sc(-c3ccc4cc[nH]c4c3)nn12. The molecule has 0 saturated heterocycles. The number of nitrogens with one attached hydrogen (secondary N) is 1. The first-order valence-corrected chi connectivity index (χ1v) is 8.58. The van der Waals surface area contributed by atoms with Crippen LogP contribution in [0.25, 0.3) is 37.8 Å². The van der Waals surface area contributed by atoms with Crippen molar-refractivity contribution in [3.8, 4) is 27.7 Å². The molecular formula is C18H13N5OS. The summed E-state index contributed by atoms with van der Waals surface area (Å²) in [5.74, 6) is 1.43. The maximum absolute atomic E-state index is 5.44. The smallest absolute Gasteiger partial charge is 0.235 e. The molecule has 2 aromatic carbocycles. The van der Waals surface area contributed by atoms with Crippen molar-refractivity contribution in [3.63, 3.8) is 0 Å². The second kappa shape index (κ2) is 5.42. The molecule has 25 heavy (non-hydrogen) atoms. The summed E-state index contributed by atoms with van der Waals surface area (Å²) in [6, 6.07) is 16.1. The van der Waals surface area contributed by atoms with Gasteiger partial charge in [0.25, 0.3) is 0 Å². The van der Waals surface area contributed by atoms with E-state index in [4.69, 9.17) is 9.84 Å². The second-order valence-corrected chi connectivity index (χ2v) is 6.56. The Balaban J connectivity index is 1.66. The molecular weight excluding hydrogens is 334 g/mol. The van der Waals surface area contributed by atoms with Gasteiger partial charge in [-0.3, -0.25) is 0 Å². The van der Waals surface area contributed by atoms with Crippen LogP contribution in [0.15, 0.2) is 54.7 Å². The molecule has 6 nitrogen and oxygen atoms in total. The summed E-state index contributed by atoms with van der Waals surface area (Å²) < 4.78 is 7.21. The van der Waals surface area contributed by atoms with Gasteiger partial charge in [0.2, 0.25) is 4.96 Å². The number of aromatic nitrogens is 5. The molecule has 0 aliphatic rings. The summed E-state index contributed by atoms with van der Waals surface area (Å²) in [6.45, 7) is 0. The quantitative estimate of drug-likeness (QED) is 0.535. The zero-order chi connectivity index (χ0) is 16.8. The average Bonchev–Trinajstić information content (AvgIpc) is 3.36. The van der Waals surface area contributed by atoms with Crippen LogP contribution in [-0.4, -0.2) is 31.9 Å². The fraction of sp³-hybridized carbons (Fsp3) is 0.0556. The van der Waals surface area contributed by atoms with Crippen LogP contribution >= 0.6 is 11.3 Å². The summed E-state index contributed by atoms with van der Waals surface area (Å²) in [5, 5.41) is 15.4. The number of hydrogen-bond acceptors (Lipinski definition) is 5. The van der Waals surface area contributed by atoms with E-state index in [-0.39, 0.29) is 0 Å². The van der Waals surface area contributed by atoms with Gasteiger partial charge in [0, 0.05) is 17.3 Å². The van der Waals surface area contributed by atoms with Gasteiger partial charge in [0.05, 0.1) is 12.7 Å². The zero-order valence-corrected chi connectivity index (χ0v) is 14.1. The molecule has 5 rings (SSSR count). The predicted octanol–water partition coefficient (Wildman–Crippen LogP) is 4.01. The van der Waals surface area contributed by atoms with Gasteiger partial charge < -0.3 is 9.72 Å². The molecule has 5 aromatic rings. The van der Waals surface area contributed by atoms with Crippen LogP contribution in [0, 0.1) is 0 Å². The van der Waals surface area contributed by atoms with Crippen molar-refractivity contribution < 1.29 is 4.74 Å². The van der Waals surface area contributed by atoms with Gasteiger partial charge in [-0.2, -0.15) is 9.61 Å². The number of benzene rings is 2. The van der Waals surface area contributed by atoms with Crippen LogP contribution in [0.3, 0.4) is 0 Å². The number of ether oxygens (including phenoxy) is 1. The van der Waals surface area contributed by atoms with Gasteiger partial charge in [-0.1, -0.05) is 35.6 Å². The van der Waals surface area contributed by atoms with E-state index < -0.39 is 0 Å². The summed E-state index contributed by atoms with van der Waals surface area (Å²) >= 11 is 1.51. The Bertz CT molecular complexity index is 1200. The Morgan fingerprint density at radius 2 is 2.00 bits per heavy atom. The van der Waals surface area contributed by atoms with E-state index in [0.29, 0.717) is 5.82 Å². The number of methoxy groups -OCH3 is 1. The monoisotopic (exact) mass is 347 g/mol. The highest BCUT2D eigenvalue weighted by atomic mass is 32.1. The Morgan fingerprint density at radius 1 is 1.08 bits per heavy atom. The molecule has 0 unspecified atom stereocenters. The van der Waals surface area contributed by atoms with Crippen molar-refractivity contribution in [2.24, 2.45) is 0 Å². The van der Waals surface area contributed by atoms with E-state index in [1.165, 1.54) is 16.7 Å². The molecule has 3 heterocycles. The lowest BCUT2D eigenvalue weighted by Gasteiger charge is -2.04. The molecule has 122 valence electrons. The first kappa shape index (κ1) is 14.2. The molecule has 0 aliphatic heterocycles. The number of para-hydroxylation sites is 1. The van der Waals surface area contributed by atoms with Crippen LogP contribution < -0.4 is 4.74 Å². The third-order valence-corrected chi connectivity index (χ3v) is 5.09. The highest BCUT2D eigenvalue weighted by Crippen LogP contribution is 2.32. The normalized spacial score (nSPS) is 11.4. The Labute approximate surface area is 146 Å². The second-order valence-electron chi connectivity index (χ2n) is 5.61. The standard InChI is InChI=1S/C18H13N5OS/c1-24-15-5-3-2-4-13(15)16-20-21-18-23(16)22-17(25-18)12-7-6-11-8-9-19-14(11)10-12/h2-10,19H,1H3. The molecule has 0 saturated carbocycles. The minimum Gasteiger partial charge on any atom is -0.496 e. The van der Waals surface area contributed by atoms with Gasteiger partial charge in [0.1, 0.15) is 10.8 Å². The molecule has 7 heteroatoms. The first-order chi connectivity index (χ1) is 12.3. The molecule has 0 amide bonds. The van der Waals surface area contributed by atoms with Crippen LogP contribution in [0.1, 0.15) is 0 Å². The van der Waals surface area contributed by atoms with E-state index in [2.05, 4.69) is 39.4 Å². The number of H-pyrrole nitrogens is 1. The van der Waals surface area contributed by atoms with Gasteiger partial charge in [0.15, 0.2) is 5.82 Å². The van der Waals surface area contributed by atoms with Gasteiger partial charge in [-0.25, -0.2) is 0 Å². The number of aromatic amines is 1. The molecule has 0 bridgehead atoms. The Kier molecular flexibility index (Phi) is 3.07. The average molecular weight is 347 g/mol. The van der Waals surface area contributed by atoms with E-state index in [1.54, 1.807) is 11.6 Å². The molecule has 3 aromatic heterocycles. The van der Waals surface area contributed by atoms with E-state index in [9.17, 15) is 0 Å². The molecule has 1 N–H and O–H groups in total. The number of hydrogen-bond donors (Lipinski definition) is 1. The highest BCUT2D eigenvalue weighted by molar-refractivity contribution is 7.19. The maximum atomic E-state index is 5.44. The predicted molar refractivity (Wildman–Crippen MR) is 97.9 cm³/mol. The third kappa shape index (κ3) is 2.20. The minimum absolute atomic E-state index is 0.677. The van der Waals surface area contributed by atoms with Crippen LogP contribution in [0.2, 0.25) is 0 Å². The lowest BCUT2D eigenvalue weighted by Crippen LogP contribution is -1.94. The summed E-state index contributed by atoms with van der Waals surface area (Å²) in [6.07, 6.45) is 1.94. The molecule has 0 spiro atoms.